The van der Waals surface area contributed by atoms with Crippen LogP contribution in [0.1, 0.15) is 12.8 Å². The third-order valence-electron chi connectivity index (χ3n) is 1.21. The Morgan fingerprint density at radius 1 is 1.00 bits per heavy atom. The molecule has 0 aromatic rings. The summed E-state index contributed by atoms with van der Waals surface area (Å²) in [5.74, 6) is -0.957. The van der Waals surface area contributed by atoms with Crippen LogP contribution in [0.5, 0.6) is 0 Å². The van der Waals surface area contributed by atoms with Crippen molar-refractivity contribution in [2.24, 2.45) is 0 Å². The maximum Gasteiger partial charge on any atom is 0.662 e. The molecule has 0 amide bonds. The average molecular weight is 345 g/mol. The lowest BCUT2D eigenvalue weighted by Crippen LogP contribution is -2.19. The van der Waals surface area contributed by atoms with Gasteiger partial charge in [-0.3, -0.25) is 18.3 Å². The Labute approximate surface area is 105 Å². The summed E-state index contributed by atoms with van der Waals surface area (Å²) in [6.45, 7) is 0.877. The predicted octanol–water partition coefficient (Wildman–Crippen LogP) is 0.186. The lowest BCUT2D eigenvalue weighted by atomic mass is 10.3. The third kappa shape index (κ3) is 10.2. The van der Waals surface area contributed by atoms with Crippen LogP contribution in [0.2, 0.25) is 0 Å². The summed E-state index contributed by atoms with van der Waals surface area (Å²) in [4.78, 5) is 21.7. The van der Waals surface area contributed by atoms with E-state index < -0.39 is 11.9 Å². The van der Waals surface area contributed by atoms with Crippen LogP contribution in [-0.4, -0.2) is 32.7 Å². The molecule has 0 saturated carbocycles. The normalized spacial score (nSPS) is 9.47. The highest BCUT2D eigenvalue weighted by molar-refractivity contribution is 9.08. The molecule has 0 fully saturated rings. The molecule has 0 bridgehead atoms. The summed E-state index contributed by atoms with van der Waals surface area (Å²) in [5, 5.41) is 0. The Balaban J connectivity index is 3.36. The van der Waals surface area contributed by atoms with E-state index in [4.69, 9.17) is 0 Å². The first-order valence-corrected chi connectivity index (χ1v) is 5.67. The Hall–Kier alpha value is -0.115. The Morgan fingerprint density at radius 3 is 1.73 bits per heavy atom. The molecule has 0 aliphatic heterocycles. The summed E-state index contributed by atoms with van der Waals surface area (Å²) in [5.41, 5.74) is 0. The van der Waals surface area contributed by atoms with Crippen molar-refractivity contribution in [3.8, 4) is 0 Å². The number of nitrogens with one attached hydrogen (secondary N) is 2. The van der Waals surface area contributed by atoms with Crippen LogP contribution in [0.3, 0.4) is 0 Å². The molecule has 0 aromatic carbocycles. The van der Waals surface area contributed by atoms with Crippen molar-refractivity contribution in [2.75, 3.05) is 13.1 Å². The van der Waals surface area contributed by atoms with E-state index >= 15 is 0 Å². The van der Waals surface area contributed by atoms with E-state index in [1.54, 1.807) is 0 Å². The fourth-order valence-corrected chi connectivity index (χ4v) is 0.944. The minimum absolute atomic E-state index is 0.183. The van der Waals surface area contributed by atoms with Crippen molar-refractivity contribution in [2.45, 2.75) is 12.8 Å². The molecule has 15 heavy (non-hydrogen) atoms. The molecular weight excluding hydrogens is 335 g/mol. The van der Waals surface area contributed by atoms with Gasteiger partial charge < -0.3 is 9.31 Å². The van der Waals surface area contributed by atoms with Gasteiger partial charge in [0.25, 0.3) is 11.9 Å². The molecule has 0 aliphatic rings. The standard InChI is InChI=1S/C6H10BBr2N2O4/c8-10-3-1-5(12)14-7-15-6(13)2-4-11-9/h10-11H,1-4H2. The number of hydrogen-bond donors (Lipinski definition) is 2. The minimum atomic E-state index is -0.478. The van der Waals surface area contributed by atoms with E-state index in [1.807, 2.05) is 0 Å². The molecule has 85 valence electrons. The lowest BCUT2D eigenvalue weighted by Gasteiger charge is -2.03. The SMILES string of the molecule is O=C(CCNBr)O[B]OC(=O)CCNBr. The van der Waals surface area contributed by atoms with Crippen molar-refractivity contribution in [3.63, 3.8) is 0 Å². The van der Waals surface area contributed by atoms with E-state index in [0.717, 1.165) is 7.69 Å². The summed E-state index contributed by atoms with van der Waals surface area (Å²) < 4.78 is 14.2. The zero-order valence-corrected chi connectivity index (χ0v) is 11.0. The van der Waals surface area contributed by atoms with Gasteiger partial charge in [-0.25, -0.2) is 0 Å². The average Bonchev–Trinajstić information content (AvgIpc) is 2.23. The minimum Gasteiger partial charge on any atom is -0.500 e. The predicted molar refractivity (Wildman–Crippen MR) is 61.0 cm³/mol. The largest absolute Gasteiger partial charge is 0.662 e. The lowest BCUT2D eigenvalue weighted by molar-refractivity contribution is -0.139. The molecule has 2 N–H and O–H groups in total. The van der Waals surface area contributed by atoms with Gasteiger partial charge in [0.2, 0.25) is 0 Å². The van der Waals surface area contributed by atoms with Gasteiger partial charge in [-0.05, 0) is 0 Å². The van der Waals surface area contributed by atoms with E-state index in [1.165, 1.54) is 0 Å². The highest BCUT2D eigenvalue weighted by Crippen LogP contribution is 1.88. The van der Waals surface area contributed by atoms with Gasteiger partial charge in [-0.1, -0.05) is 0 Å². The number of rotatable bonds is 8. The molecule has 0 aromatic heterocycles. The monoisotopic (exact) mass is 343 g/mol. The van der Waals surface area contributed by atoms with Crippen molar-refractivity contribution in [3.05, 3.63) is 0 Å². The summed E-state index contributed by atoms with van der Waals surface area (Å²) in [6.07, 6.45) is 0.366. The first-order chi connectivity index (χ1) is 7.20. The smallest absolute Gasteiger partial charge is 0.500 e. The van der Waals surface area contributed by atoms with Crippen LogP contribution in [0.4, 0.5) is 0 Å². The topological polar surface area (TPSA) is 76.7 Å². The number of halogens is 2. The zero-order valence-electron chi connectivity index (χ0n) is 7.79. The molecular formula is C6H10BBr2N2O4. The molecule has 1 radical (unpaired) electrons. The van der Waals surface area contributed by atoms with Crippen LogP contribution in [-0.2, 0) is 18.9 Å². The molecule has 9 heteroatoms. The van der Waals surface area contributed by atoms with Crippen LogP contribution in [0, 0.1) is 0 Å². The molecule has 0 aliphatic carbocycles. The summed E-state index contributed by atoms with van der Waals surface area (Å²) >= 11 is 5.87. The maximum atomic E-state index is 10.9. The molecule has 0 unspecified atom stereocenters. The van der Waals surface area contributed by atoms with Gasteiger partial charge in [-0.15, -0.1) is 0 Å². The van der Waals surface area contributed by atoms with Gasteiger partial charge in [0.05, 0.1) is 12.8 Å². The van der Waals surface area contributed by atoms with Crippen molar-refractivity contribution in [1.29, 1.82) is 0 Å². The molecule has 6 nitrogen and oxygen atoms in total. The van der Waals surface area contributed by atoms with Crippen molar-refractivity contribution in [1.82, 2.24) is 8.69 Å². The number of carbonyl (C=O) groups is 2. The Kier molecular flexibility index (Phi) is 10.3. The molecule has 0 spiro atoms. The van der Waals surface area contributed by atoms with Gasteiger partial charge in [0.15, 0.2) is 0 Å². The first kappa shape index (κ1) is 14.9. The van der Waals surface area contributed by atoms with E-state index in [9.17, 15) is 9.59 Å². The molecule has 0 atom stereocenters. The Bertz CT molecular complexity index is 188. The van der Waals surface area contributed by atoms with Gasteiger partial charge in [0.1, 0.15) is 0 Å². The second-order valence-corrected chi connectivity index (χ2v) is 3.46. The van der Waals surface area contributed by atoms with Crippen LogP contribution >= 0.6 is 32.3 Å². The van der Waals surface area contributed by atoms with Gasteiger partial charge in [0, 0.05) is 45.4 Å². The van der Waals surface area contributed by atoms with Crippen LogP contribution in [0.15, 0.2) is 0 Å². The first-order valence-electron chi connectivity index (χ1n) is 4.08. The van der Waals surface area contributed by atoms with E-state index in [-0.39, 0.29) is 12.8 Å². The van der Waals surface area contributed by atoms with Gasteiger partial charge >= 0.3 is 7.69 Å². The van der Waals surface area contributed by atoms with Crippen molar-refractivity contribution >= 4 is 51.9 Å². The summed E-state index contributed by atoms with van der Waals surface area (Å²) in [7, 11) is 0.743. The molecule has 0 heterocycles. The second-order valence-electron chi connectivity index (χ2n) is 2.34. The van der Waals surface area contributed by atoms with E-state index in [0.29, 0.717) is 13.1 Å². The highest BCUT2D eigenvalue weighted by Gasteiger charge is 2.09. The summed E-state index contributed by atoms with van der Waals surface area (Å²) in [6, 6.07) is 0. The fourth-order valence-electron chi connectivity index (χ4n) is 0.548. The van der Waals surface area contributed by atoms with Crippen LogP contribution < -0.4 is 8.69 Å². The quantitative estimate of drug-likeness (QED) is 0.483. The third-order valence-corrected chi connectivity index (χ3v) is 2.00. The zero-order chi connectivity index (χ0) is 11.5. The maximum absolute atomic E-state index is 10.9. The highest BCUT2D eigenvalue weighted by atomic mass is 79.9. The van der Waals surface area contributed by atoms with Crippen molar-refractivity contribution < 1.29 is 18.9 Å². The Morgan fingerprint density at radius 2 is 1.40 bits per heavy atom. The molecule has 0 saturated heterocycles. The second kappa shape index (κ2) is 10.4. The number of carbonyl (C=O) groups excluding carboxylic acids is 2. The van der Waals surface area contributed by atoms with Gasteiger partial charge in [-0.2, -0.15) is 0 Å². The van der Waals surface area contributed by atoms with E-state index in [2.05, 4.69) is 50.3 Å². The molecule has 0 rings (SSSR count). The van der Waals surface area contributed by atoms with Crippen LogP contribution in [0.25, 0.3) is 0 Å². The fraction of sp³-hybridized carbons (Fsp3) is 0.667. The number of hydrogen-bond acceptors (Lipinski definition) is 6.